The number of hydrogen-bond donors (Lipinski definition) is 0. The van der Waals surface area contributed by atoms with Gasteiger partial charge in [0.1, 0.15) is 0 Å². The van der Waals surface area contributed by atoms with Gasteiger partial charge in [0.25, 0.3) is 0 Å². The number of para-hydroxylation sites is 2. The first-order chi connectivity index (χ1) is 24.0. The largest absolute Gasteiger partial charge is 0.309 e. The molecule has 49 heavy (non-hydrogen) atoms. The van der Waals surface area contributed by atoms with Gasteiger partial charge in [-0.2, -0.15) is 0 Å². The highest BCUT2D eigenvalue weighted by Gasteiger charge is 2.18. The van der Waals surface area contributed by atoms with Gasteiger partial charge in [-0.3, -0.25) is 0 Å². The Bertz CT molecular complexity index is 2400. The van der Waals surface area contributed by atoms with Crippen LogP contribution in [0.3, 0.4) is 0 Å². The molecule has 7 aromatic rings. The molecule has 0 saturated heterocycles. The van der Waals surface area contributed by atoms with E-state index in [0.29, 0.717) is 0 Å². The van der Waals surface area contributed by atoms with E-state index in [9.17, 15) is 0 Å². The highest BCUT2D eigenvalue weighted by atomic mass is 15.0. The van der Waals surface area contributed by atoms with Gasteiger partial charge in [-0.05, 0) is 121 Å². The van der Waals surface area contributed by atoms with Crippen LogP contribution in [0.15, 0.2) is 151 Å². The normalized spacial score (nSPS) is 13.5. The lowest BCUT2D eigenvalue weighted by molar-refractivity contribution is 1.06. The molecule has 0 radical (unpaired) electrons. The van der Waals surface area contributed by atoms with Crippen molar-refractivity contribution in [1.82, 2.24) is 4.57 Å². The second-order valence-corrected chi connectivity index (χ2v) is 13.3. The molecule has 0 aliphatic carbocycles. The van der Waals surface area contributed by atoms with Crippen molar-refractivity contribution in [3.05, 3.63) is 185 Å². The van der Waals surface area contributed by atoms with Gasteiger partial charge in [0, 0.05) is 22.0 Å². The molecule has 0 N–H and O–H groups in total. The highest BCUT2D eigenvalue weighted by Crippen LogP contribution is 2.38. The highest BCUT2D eigenvalue weighted by molar-refractivity contribution is 6.14. The van der Waals surface area contributed by atoms with Crippen LogP contribution in [0, 0.1) is 27.7 Å². The van der Waals surface area contributed by atoms with E-state index in [2.05, 4.69) is 178 Å². The number of allylic oxidation sites excluding steroid dienone is 3. The first-order valence-corrected chi connectivity index (χ1v) is 17.3. The maximum absolute atomic E-state index is 5.26. The van der Waals surface area contributed by atoms with Crippen molar-refractivity contribution in [3.8, 4) is 16.8 Å². The predicted octanol–water partition coefficient (Wildman–Crippen LogP) is 12.4. The average Bonchev–Trinajstić information content (AvgIpc) is 3.45. The lowest BCUT2D eigenvalue weighted by atomic mass is 9.87. The average molecular weight is 633 g/mol. The minimum Gasteiger partial charge on any atom is -0.309 e. The van der Waals surface area contributed by atoms with E-state index in [-0.39, 0.29) is 0 Å². The van der Waals surface area contributed by atoms with Gasteiger partial charge >= 0.3 is 0 Å². The fraction of sp³-hybridized carbons (Fsp3) is 0.128. The van der Waals surface area contributed by atoms with Gasteiger partial charge in [0.2, 0.25) is 0 Å². The summed E-state index contributed by atoms with van der Waals surface area (Å²) >= 11 is 0. The number of rotatable bonds is 5. The Balaban J connectivity index is 1.20. The minimum atomic E-state index is 0.935. The molecule has 6 aromatic carbocycles. The first-order valence-electron chi connectivity index (χ1n) is 17.3. The van der Waals surface area contributed by atoms with Crippen LogP contribution in [-0.4, -0.2) is 10.3 Å². The van der Waals surface area contributed by atoms with Crippen LogP contribution < -0.4 is 0 Å². The summed E-state index contributed by atoms with van der Waals surface area (Å²) in [5.41, 5.74) is 18.4. The lowest BCUT2D eigenvalue weighted by Gasteiger charge is -2.20. The Labute approximate surface area is 289 Å². The molecule has 2 nitrogen and oxygen atoms in total. The molecular formula is C47H40N2. The van der Waals surface area contributed by atoms with Crippen LogP contribution in [0.1, 0.15) is 51.8 Å². The molecule has 0 spiro atoms. The number of aromatic nitrogens is 1. The SMILES string of the molecule is Cc1cc(-c2cc(C)c(-n3c4ccccc4c4ccccc43)cc2C)c(C)cc1C1=CC(c2ccccc2)=NC(c2ccccc2)=CCC1. The van der Waals surface area contributed by atoms with E-state index in [4.69, 9.17) is 4.99 Å². The second-order valence-electron chi connectivity index (χ2n) is 13.3. The van der Waals surface area contributed by atoms with Crippen molar-refractivity contribution < 1.29 is 0 Å². The van der Waals surface area contributed by atoms with Crippen molar-refractivity contribution in [1.29, 1.82) is 0 Å². The summed E-state index contributed by atoms with van der Waals surface area (Å²) in [5.74, 6) is 0. The number of fused-ring (bicyclic) bond motifs is 3. The summed E-state index contributed by atoms with van der Waals surface area (Å²) in [6.45, 7) is 9.03. The molecule has 238 valence electrons. The first kappa shape index (κ1) is 30.6. The van der Waals surface area contributed by atoms with Crippen LogP contribution in [0.2, 0.25) is 0 Å². The van der Waals surface area contributed by atoms with Gasteiger partial charge in [-0.25, -0.2) is 4.99 Å². The number of aliphatic imine (C=N–C) groups is 1. The molecule has 2 heteroatoms. The Morgan fingerprint density at radius 3 is 1.67 bits per heavy atom. The Hall–Kier alpha value is -5.73. The van der Waals surface area contributed by atoms with Crippen LogP contribution >= 0.6 is 0 Å². The predicted molar refractivity (Wildman–Crippen MR) is 210 cm³/mol. The monoisotopic (exact) mass is 632 g/mol. The van der Waals surface area contributed by atoms with E-state index < -0.39 is 0 Å². The molecule has 2 heterocycles. The zero-order valence-corrected chi connectivity index (χ0v) is 28.7. The Morgan fingerprint density at radius 1 is 0.510 bits per heavy atom. The third-order valence-corrected chi connectivity index (χ3v) is 10.0. The fourth-order valence-electron chi connectivity index (χ4n) is 7.54. The summed E-state index contributed by atoms with van der Waals surface area (Å²) in [5, 5.41) is 2.58. The molecule has 0 bridgehead atoms. The standard InChI is InChI=1S/C47H40N2/c1-31-27-41(42-28-34(4)47(29-33(42)3)49-45-24-13-11-21-38(45)39-22-12-14-25-46(39)49)32(2)26-40(31)37-20-15-23-43(35-16-7-5-8-17-35)48-44(30-37)36-18-9-6-10-19-36/h5-14,16-19,21-30H,15,20H2,1-4H3. The van der Waals surface area contributed by atoms with Crippen LogP contribution in [0.5, 0.6) is 0 Å². The maximum Gasteiger partial charge on any atom is 0.0712 e. The molecule has 0 unspecified atom stereocenters. The van der Waals surface area contributed by atoms with Gasteiger partial charge in [-0.15, -0.1) is 0 Å². The minimum absolute atomic E-state index is 0.935. The van der Waals surface area contributed by atoms with E-state index in [1.54, 1.807) is 0 Å². The van der Waals surface area contributed by atoms with Crippen molar-refractivity contribution in [2.45, 2.75) is 40.5 Å². The molecule has 0 saturated carbocycles. The topological polar surface area (TPSA) is 17.3 Å². The molecule has 1 aliphatic heterocycles. The van der Waals surface area contributed by atoms with Gasteiger partial charge in [0.15, 0.2) is 0 Å². The van der Waals surface area contributed by atoms with Gasteiger partial charge < -0.3 is 4.57 Å². The summed E-state index contributed by atoms with van der Waals surface area (Å²) < 4.78 is 2.43. The fourth-order valence-corrected chi connectivity index (χ4v) is 7.54. The maximum atomic E-state index is 5.26. The van der Waals surface area contributed by atoms with Crippen LogP contribution in [-0.2, 0) is 0 Å². The number of nitrogens with zero attached hydrogens (tertiary/aromatic N) is 2. The van der Waals surface area contributed by atoms with Gasteiger partial charge in [0.05, 0.1) is 22.4 Å². The molecule has 1 aromatic heterocycles. The molecular weight excluding hydrogens is 593 g/mol. The van der Waals surface area contributed by atoms with Crippen molar-refractivity contribution >= 4 is 38.8 Å². The quantitative estimate of drug-likeness (QED) is 0.180. The number of aryl methyl sites for hydroxylation is 4. The summed E-state index contributed by atoms with van der Waals surface area (Å²) in [6.07, 6.45) is 6.51. The molecule has 1 aliphatic rings. The van der Waals surface area contributed by atoms with Crippen molar-refractivity contribution in [2.24, 2.45) is 4.99 Å². The summed E-state index contributed by atoms with van der Waals surface area (Å²) in [7, 11) is 0. The Kier molecular flexibility index (Phi) is 7.93. The van der Waals surface area contributed by atoms with E-state index in [1.807, 2.05) is 0 Å². The zero-order chi connectivity index (χ0) is 33.5. The smallest absolute Gasteiger partial charge is 0.0712 e. The second kappa shape index (κ2) is 12.7. The lowest BCUT2D eigenvalue weighted by Crippen LogP contribution is -2.04. The molecule has 8 rings (SSSR count). The summed E-state index contributed by atoms with van der Waals surface area (Å²) in [4.78, 5) is 5.26. The number of hydrogen-bond acceptors (Lipinski definition) is 1. The third-order valence-electron chi connectivity index (χ3n) is 10.0. The van der Waals surface area contributed by atoms with Crippen LogP contribution in [0.25, 0.3) is 49.9 Å². The number of benzene rings is 6. The third kappa shape index (κ3) is 5.64. The van der Waals surface area contributed by atoms with E-state index in [0.717, 1.165) is 35.4 Å². The van der Waals surface area contributed by atoms with E-state index in [1.165, 1.54) is 72.0 Å². The Morgan fingerprint density at radius 2 is 1.02 bits per heavy atom. The van der Waals surface area contributed by atoms with Gasteiger partial charge in [-0.1, -0.05) is 115 Å². The molecule has 0 amide bonds. The van der Waals surface area contributed by atoms with Crippen molar-refractivity contribution in [2.75, 3.05) is 0 Å². The zero-order valence-electron chi connectivity index (χ0n) is 28.7. The molecule has 0 fully saturated rings. The van der Waals surface area contributed by atoms with Crippen molar-refractivity contribution in [3.63, 3.8) is 0 Å². The van der Waals surface area contributed by atoms with E-state index >= 15 is 0 Å². The summed E-state index contributed by atoms with van der Waals surface area (Å²) in [6, 6.07) is 48.2. The molecule has 0 atom stereocenters. The van der Waals surface area contributed by atoms with Crippen LogP contribution in [0.4, 0.5) is 0 Å².